The van der Waals surface area contributed by atoms with Gasteiger partial charge in [0.15, 0.2) is 0 Å². The summed E-state index contributed by atoms with van der Waals surface area (Å²) in [4.78, 5) is 2.38. The van der Waals surface area contributed by atoms with E-state index in [2.05, 4.69) is 44.2 Å². The standard InChI is InChI=1S/C22H30N2O/c1-6-21(17-25)15-20(4)19(3)8-7-18(2)16-24-13-10-22(5,9-12-23)11-14-24/h6-8,15,25H,1-4,9-11,13-14,16-17H2,5H3/b8-7-,21-15+. The average molecular weight is 338 g/mol. The van der Waals surface area contributed by atoms with E-state index in [1.807, 2.05) is 12.2 Å². The van der Waals surface area contributed by atoms with Crippen molar-refractivity contribution in [1.29, 1.82) is 5.26 Å². The van der Waals surface area contributed by atoms with Crippen molar-refractivity contribution < 1.29 is 5.11 Å². The summed E-state index contributed by atoms with van der Waals surface area (Å²) < 4.78 is 0. The molecule has 134 valence electrons. The van der Waals surface area contributed by atoms with Crippen molar-refractivity contribution in [2.75, 3.05) is 26.2 Å². The van der Waals surface area contributed by atoms with Crippen molar-refractivity contribution in [2.45, 2.75) is 26.2 Å². The lowest BCUT2D eigenvalue weighted by atomic mass is 9.78. The Balaban J connectivity index is 2.49. The average Bonchev–Trinajstić information content (AvgIpc) is 2.59. The number of aliphatic hydroxyl groups is 1. The molecule has 1 aliphatic heterocycles. The number of aliphatic hydroxyl groups excluding tert-OH is 1. The van der Waals surface area contributed by atoms with Crippen molar-refractivity contribution in [1.82, 2.24) is 4.90 Å². The SMILES string of the molecule is C=C/C(=C\C(=C)C(=C)/C=C\C(=C)CN1CCC(C)(CC#N)CC1)CO. The second-order valence-corrected chi connectivity index (χ2v) is 7.05. The number of rotatable bonds is 9. The van der Waals surface area contributed by atoms with Crippen LogP contribution in [-0.4, -0.2) is 36.2 Å². The van der Waals surface area contributed by atoms with Crippen LogP contribution in [-0.2, 0) is 0 Å². The first-order valence-electron chi connectivity index (χ1n) is 8.61. The lowest BCUT2D eigenvalue weighted by molar-refractivity contribution is 0.130. The number of nitrogens with zero attached hydrogens (tertiary/aromatic N) is 2. The summed E-state index contributed by atoms with van der Waals surface area (Å²) in [6.07, 6.45) is 10.0. The zero-order chi connectivity index (χ0) is 18.9. The molecule has 1 saturated heterocycles. The molecule has 3 heteroatoms. The monoisotopic (exact) mass is 338 g/mol. The first-order valence-corrected chi connectivity index (χ1v) is 8.61. The van der Waals surface area contributed by atoms with Gasteiger partial charge in [0.05, 0.1) is 12.7 Å². The lowest BCUT2D eigenvalue weighted by Gasteiger charge is -2.38. The first kappa shape index (κ1) is 20.9. The summed E-state index contributed by atoms with van der Waals surface area (Å²) in [6, 6.07) is 2.31. The van der Waals surface area contributed by atoms with Crippen LogP contribution in [0.2, 0.25) is 0 Å². The molecular formula is C22H30N2O. The van der Waals surface area contributed by atoms with Crippen molar-refractivity contribution in [3.05, 3.63) is 72.9 Å². The van der Waals surface area contributed by atoms with Gasteiger partial charge >= 0.3 is 0 Å². The van der Waals surface area contributed by atoms with E-state index in [0.717, 1.165) is 49.2 Å². The maximum absolute atomic E-state index is 9.16. The van der Waals surface area contributed by atoms with Crippen LogP contribution < -0.4 is 0 Å². The molecule has 0 spiro atoms. The van der Waals surface area contributed by atoms with Crippen LogP contribution in [0.3, 0.4) is 0 Å². The van der Waals surface area contributed by atoms with Gasteiger partial charge in [0.25, 0.3) is 0 Å². The van der Waals surface area contributed by atoms with Crippen LogP contribution in [0.25, 0.3) is 0 Å². The van der Waals surface area contributed by atoms with E-state index < -0.39 is 0 Å². The minimum Gasteiger partial charge on any atom is -0.392 e. The Hall–Kier alpha value is -2.15. The second kappa shape index (κ2) is 9.98. The van der Waals surface area contributed by atoms with Gasteiger partial charge in [0.1, 0.15) is 0 Å². The molecule has 0 amide bonds. The van der Waals surface area contributed by atoms with Crippen molar-refractivity contribution in [2.24, 2.45) is 5.41 Å². The fourth-order valence-electron chi connectivity index (χ4n) is 2.77. The second-order valence-electron chi connectivity index (χ2n) is 7.05. The largest absolute Gasteiger partial charge is 0.392 e. The molecule has 3 nitrogen and oxygen atoms in total. The number of piperidine rings is 1. The zero-order valence-electron chi connectivity index (χ0n) is 15.4. The van der Waals surface area contributed by atoms with Crippen molar-refractivity contribution >= 4 is 0 Å². The van der Waals surface area contributed by atoms with E-state index >= 15 is 0 Å². The van der Waals surface area contributed by atoms with Crippen molar-refractivity contribution in [3.8, 4) is 6.07 Å². The molecule has 0 aromatic rings. The number of hydrogen-bond donors (Lipinski definition) is 1. The van der Waals surface area contributed by atoms with Crippen LogP contribution in [0.15, 0.2) is 72.9 Å². The summed E-state index contributed by atoms with van der Waals surface area (Å²) in [5.41, 5.74) is 3.43. The molecule has 1 heterocycles. The summed E-state index contributed by atoms with van der Waals surface area (Å²) in [5, 5.41) is 18.1. The third kappa shape index (κ3) is 7.09. The highest BCUT2D eigenvalue weighted by molar-refractivity contribution is 5.46. The topological polar surface area (TPSA) is 47.3 Å². The molecule has 0 radical (unpaired) electrons. The zero-order valence-corrected chi connectivity index (χ0v) is 15.4. The fraction of sp³-hybridized carbons (Fsp3) is 0.409. The molecular weight excluding hydrogens is 308 g/mol. The lowest BCUT2D eigenvalue weighted by Crippen LogP contribution is -2.39. The molecule has 0 saturated carbocycles. The molecule has 0 aromatic heterocycles. The molecule has 1 fully saturated rings. The van der Waals surface area contributed by atoms with Crippen LogP contribution in [0.1, 0.15) is 26.2 Å². The Morgan fingerprint density at radius 1 is 1.20 bits per heavy atom. The molecule has 1 rings (SSSR count). The van der Waals surface area contributed by atoms with E-state index in [1.54, 1.807) is 12.2 Å². The Bertz CT molecular complexity index is 623. The van der Waals surface area contributed by atoms with Crippen LogP contribution in [0, 0.1) is 16.7 Å². The van der Waals surface area contributed by atoms with Gasteiger partial charge in [-0.15, -0.1) is 0 Å². The van der Waals surface area contributed by atoms with E-state index in [0.29, 0.717) is 12.0 Å². The molecule has 1 aliphatic rings. The van der Waals surface area contributed by atoms with Crippen molar-refractivity contribution in [3.63, 3.8) is 0 Å². The van der Waals surface area contributed by atoms with Crippen LogP contribution in [0.4, 0.5) is 0 Å². The molecule has 0 bridgehead atoms. The molecule has 0 unspecified atom stereocenters. The maximum atomic E-state index is 9.16. The predicted octanol–water partition coefficient (Wildman–Crippen LogP) is 4.33. The van der Waals surface area contributed by atoms with E-state index in [4.69, 9.17) is 10.4 Å². The smallest absolute Gasteiger partial charge is 0.0681 e. The third-order valence-corrected chi connectivity index (χ3v) is 4.73. The minimum atomic E-state index is -0.0636. The van der Waals surface area contributed by atoms with Crippen LogP contribution in [0.5, 0.6) is 0 Å². The maximum Gasteiger partial charge on any atom is 0.0681 e. The molecule has 25 heavy (non-hydrogen) atoms. The Labute approximate surface area is 152 Å². The van der Waals surface area contributed by atoms with Gasteiger partial charge < -0.3 is 5.11 Å². The van der Waals surface area contributed by atoms with Gasteiger partial charge in [0, 0.05) is 13.0 Å². The quantitative estimate of drug-likeness (QED) is 0.637. The van der Waals surface area contributed by atoms with Gasteiger partial charge in [-0.3, -0.25) is 4.90 Å². The number of allylic oxidation sites excluding steroid dienone is 4. The third-order valence-electron chi connectivity index (χ3n) is 4.73. The fourth-order valence-corrected chi connectivity index (χ4v) is 2.77. The normalized spacial score (nSPS) is 17.9. The molecule has 0 aromatic carbocycles. The predicted molar refractivity (Wildman–Crippen MR) is 106 cm³/mol. The summed E-state index contributed by atoms with van der Waals surface area (Å²) in [6.45, 7) is 20.7. The van der Waals surface area contributed by atoms with E-state index in [9.17, 15) is 0 Å². The van der Waals surface area contributed by atoms with E-state index in [1.165, 1.54) is 0 Å². The first-order chi connectivity index (χ1) is 11.8. The summed E-state index contributed by atoms with van der Waals surface area (Å²) >= 11 is 0. The highest BCUT2D eigenvalue weighted by Gasteiger charge is 2.29. The highest BCUT2D eigenvalue weighted by Crippen LogP contribution is 2.34. The summed E-state index contributed by atoms with van der Waals surface area (Å²) in [7, 11) is 0. The Kier molecular flexibility index (Phi) is 8.34. The molecule has 0 aliphatic carbocycles. The molecule has 1 N–H and O–H groups in total. The van der Waals surface area contributed by atoms with E-state index in [-0.39, 0.29) is 12.0 Å². The van der Waals surface area contributed by atoms with Gasteiger partial charge in [-0.2, -0.15) is 5.26 Å². The Morgan fingerprint density at radius 3 is 2.36 bits per heavy atom. The highest BCUT2D eigenvalue weighted by atomic mass is 16.3. The Morgan fingerprint density at radius 2 is 1.84 bits per heavy atom. The number of hydrogen-bond acceptors (Lipinski definition) is 3. The minimum absolute atomic E-state index is 0.0636. The molecule has 0 atom stereocenters. The number of likely N-dealkylation sites (tertiary alicyclic amines) is 1. The van der Waals surface area contributed by atoms with Gasteiger partial charge in [-0.25, -0.2) is 0 Å². The van der Waals surface area contributed by atoms with Gasteiger partial charge in [-0.05, 0) is 59.7 Å². The van der Waals surface area contributed by atoms with Crippen LogP contribution >= 0.6 is 0 Å². The van der Waals surface area contributed by atoms with Gasteiger partial charge in [-0.1, -0.05) is 51.5 Å². The number of nitriles is 1. The summed E-state index contributed by atoms with van der Waals surface area (Å²) in [5.74, 6) is 0. The van der Waals surface area contributed by atoms with Gasteiger partial charge in [0.2, 0.25) is 0 Å².